The number of halogens is 2. The van der Waals surface area contributed by atoms with Crippen LogP contribution < -0.4 is 0 Å². The summed E-state index contributed by atoms with van der Waals surface area (Å²) in [6, 6.07) is 34.2. The van der Waals surface area contributed by atoms with Crippen LogP contribution in [0.4, 0.5) is 0 Å². The molecule has 0 bridgehead atoms. The van der Waals surface area contributed by atoms with Crippen LogP contribution in [0.2, 0.25) is 10.0 Å². The Labute approximate surface area is 181 Å². The quantitative estimate of drug-likeness (QED) is 0.317. The molecule has 0 saturated heterocycles. The molecule has 2 heteroatoms. The molecule has 29 heavy (non-hydrogen) atoms. The van der Waals surface area contributed by atoms with Gasteiger partial charge in [-0.05, 0) is 51.9 Å². The van der Waals surface area contributed by atoms with Gasteiger partial charge in [-0.2, -0.15) is 0 Å². The molecule has 0 fully saturated rings. The predicted molar refractivity (Wildman–Crippen MR) is 123 cm³/mol. The SMILES string of the molecule is Clc1ccc(C2Cc3ccccc3C2c2ccc(-c3ccccc3)cc2)c(Cl)c1. The van der Waals surface area contributed by atoms with Gasteiger partial charge in [-0.3, -0.25) is 0 Å². The van der Waals surface area contributed by atoms with E-state index >= 15 is 0 Å². The van der Waals surface area contributed by atoms with Crippen LogP contribution in [0.3, 0.4) is 0 Å². The first-order valence-electron chi connectivity index (χ1n) is 9.89. The summed E-state index contributed by atoms with van der Waals surface area (Å²) >= 11 is 12.8. The Balaban J connectivity index is 1.58. The zero-order valence-corrected chi connectivity index (χ0v) is 17.4. The van der Waals surface area contributed by atoms with Crippen molar-refractivity contribution >= 4 is 23.2 Å². The number of hydrogen-bond acceptors (Lipinski definition) is 0. The summed E-state index contributed by atoms with van der Waals surface area (Å²) in [5, 5.41) is 1.43. The number of hydrogen-bond donors (Lipinski definition) is 0. The van der Waals surface area contributed by atoms with Crippen LogP contribution in [0.5, 0.6) is 0 Å². The first-order valence-corrected chi connectivity index (χ1v) is 10.6. The molecule has 5 rings (SSSR count). The van der Waals surface area contributed by atoms with E-state index in [1.165, 1.54) is 33.4 Å². The Kier molecular flexibility index (Phi) is 4.91. The molecule has 2 atom stereocenters. The molecule has 0 N–H and O–H groups in total. The summed E-state index contributed by atoms with van der Waals surface area (Å²) in [4.78, 5) is 0. The maximum absolute atomic E-state index is 6.63. The molecule has 0 nitrogen and oxygen atoms in total. The van der Waals surface area contributed by atoms with Gasteiger partial charge in [0.2, 0.25) is 0 Å². The fraction of sp³-hybridized carbons (Fsp3) is 0.111. The van der Waals surface area contributed by atoms with Crippen LogP contribution in [0.15, 0.2) is 97.1 Å². The normalized spacial score (nSPS) is 17.9. The predicted octanol–water partition coefficient (Wildman–Crippen LogP) is 8.13. The van der Waals surface area contributed by atoms with Crippen molar-refractivity contribution in [3.63, 3.8) is 0 Å². The van der Waals surface area contributed by atoms with Crippen LogP contribution >= 0.6 is 23.2 Å². The fourth-order valence-electron chi connectivity index (χ4n) is 4.61. The monoisotopic (exact) mass is 414 g/mol. The van der Waals surface area contributed by atoms with Crippen molar-refractivity contribution in [2.75, 3.05) is 0 Å². The van der Waals surface area contributed by atoms with Gasteiger partial charge in [0.05, 0.1) is 0 Å². The lowest BCUT2D eigenvalue weighted by molar-refractivity contribution is 0.657. The summed E-state index contributed by atoms with van der Waals surface area (Å²) in [5.41, 5.74) is 7.77. The van der Waals surface area contributed by atoms with Crippen molar-refractivity contribution in [1.82, 2.24) is 0 Å². The second-order valence-electron chi connectivity index (χ2n) is 7.64. The smallest absolute Gasteiger partial charge is 0.0456 e. The minimum Gasteiger partial charge on any atom is -0.0843 e. The average Bonchev–Trinajstić information content (AvgIpc) is 3.14. The molecular weight excluding hydrogens is 395 g/mol. The fourth-order valence-corrected chi connectivity index (χ4v) is 5.16. The lowest BCUT2D eigenvalue weighted by Gasteiger charge is -2.23. The third kappa shape index (κ3) is 3.48. The van der Waals surface area contributed by atoms with Crippen molar-refractivity contribution in [1.29, 1.82) is 0 Å². The highest BCUT2D eigenvalue weighted by Gasteiger charge is 2.35. The van der Waals surface area contributed by atoms with Crippen molar-refractivity contribution in [3.8, 4) is 11.1 Å². The summed E-state index contributed by atoms with van der Waals surface area (Å²) in [6.45, 7) is 0. The molecule has 0 radical (unpaired) electrons. The Hall–Kier alpha value is -2.54. The lowest BCUT2D eigenvalue weighted by Crippen LogP contribution is -2.08. The van der Waals surface area contributed by atoms with Gasteiger partial charge >= 0.3 is 0 Å². The average molecular weight is 415 g/mol. The van der Waals surface area contributed by atoms with E-state index in [9.17, 15) is 0 Å². The first kappa shape index (κ1) is 18.5. The minimum absolute atomic E-state index is 0.287. The summed E-state index contributed by atoms with van der Waals surface area (Å²) in [7, 11) is 0. The van der Waals surface area contributed by atoms with E-state index in [4.69, 9.17) is 23.2 Å². The lowest BCUT2D eigenvalue weighted by atomic mass is 9.81. The second-order valence-corrected chi connectivity index (χ2v) is 8.48. The van der Waals surface area contributed by atoms with Gasteiger partial charge < -0.3 is 0 Å². The Morgan fingerprint density at radius 1 is 0.621 bits per heavy atom. The highest BCUT2D eigenvalue weighted by atomic mass is 35.5. The molecule has 142 valence electrons. The largest absolute Gasteiger partial charge is 0.0843 e. The number of fused-ring (bicyclic) bond motifs is 1. The van der Waals surface area contributed by atoms with E-state index in [1.54, 1.807) is 0 Å². The van der Waals surface area contributed by atoms with Gasteiger partial charge in [-0.25, -0.2) is 0 Å². The zero-order chi connectivity index (χ0) is 19.8. The standard InChI is InChI=1S/C27H20Cl2/c28-22-14-15-24(26(29)17-22)25-16-21-8-4-5-9-23(21)27(25)20-12-10-19(11-13-20)18-6-2-1-3-7-18/h1-15,17,25,27H,16H2. The van der Waals surface area contributed by atoms with Gasteiger partial charge in [0.1, 0.15) is 0 Å². The van der Waals surface area contributed by atoms with Crippen LogP contribution in [0, 0.1) is 0 Å². The van der Waals surface area contributed by atoms with E-state index in [-0.39, 0.29) is 5.92 Å². The number of rotatable bonds is 3. The van der Waals surface area contributed by atoms with Crippen molar-refractivity contribution in [2.45, 2.75) is 18.3 Å². The van der Waals surface area contributed by atoms with E-state index in [0.717, 1.165) is 11.4 Å². The molecule has 2 unspecified atom stereocenters. The molecule has 4 aromatic carbocycles. The molecule has 1 aliphatic rings. The van der Waals surface area contributed by atoms with Crippen molar-refractivity contribution in [2.24, 2.45) is 0 Å². The van der Waals surface area contributed by atoms with E-state index in [0.29, 0.717) is 10.9 Å². The van der Waals surface area contributed by atoms with Gasteiger partial charge in [0.15, 0.2) is 0 Å². The van der Waals surface area contributed by atoms with Crippen LogP contribution in [-0.4, -0.2) is 0 Å². The second kappa shape index (κ2) is 7.71. The Morgan fingerprint density at radius 2 is 1.31 bits per heavy atom. The summed E-state index contributed by atoms with van der Waals surface area (Å²) < 4.78 is 0. The first-order chi connectivity index (χ1) is 14.2. The maximum Gasteiger partial charge on any atom is 0.0456 e. The summed E-state index contributed by atoms with van der Waals surface area (Å²) in [5.74, 6) is 0.592. The van der Waals surface area contributed by atoms with E-state index < -0.39 is 0 Å². The van der Waals surface area contributed by atoms with Gasteiger partial charge in [0, 0.05) is 21.9 Å². The Morgan fingerprint density at radius 3 is 2.07 bits per heavy atom. The van der Waals surface area contributed by atoms with Crippen LogP contribution in [0.25, 0.3) is 11.1 Å². The zero-order valence-electron chi connectivity index (χ0n) is 15.9. The maximum atomic E-state index is 6.63. The molecule has 0 heterocycles. The molecule has 0 saturated carbocycles. The third-order valence-electron chi connectivity index (χ3n) is 5.97. The minimum atomic E-state index is 0.287. The molecule has 0 aliphatic heterocycles. The summed E-state index contributed by atoms with van der Waals surface area (Å²) in [6.07, 6.45) is 0.989. The van der Waals surface area contributed by atoms with Gasteiger partial charge in [-0.1, -0.05) is 108 Å². The topological polar surface area (TPSA) is 0 Å². The van der Waals surface area contributed by atoms with Crippen molar-refractivity contribution in [3.05, 3.63) is 129 Å². The van der Waals surface area contributed by atoms with Crippen molar-refractivity contribution < 1.29 is 0 Å². The molecule has 1 aliphatic carbocycles. The number of benzene rings is 4. The molecular formula is C27H20Cl2. The highest BCUT2D eigenvalue weighted by Crippen LogP contribution is 2.49. The van der Waals surface area contributed by atoms with Gasteiger partial charge in [0.25, 0.3) is 0 Å². The highest BCUT2D eigenvalue weighted by molar-refractivity contribution is 6.35. The third-order valence-corrected chi connectivity index (χ3v) is 6.53. The van der Waals surface area contributed by atoms with Crippen LogP contribution in [0.1, 0.15) is 34.1 Å². The van der Waals surface area contributed by atoms with E-state index in [2.05, 4.69) is 78.9 Å². The molecule has 0 amide bonds. The molecule has 0 spiro atoms. The molecule has 0 aromatic heterocycles. The Bertz CT molecular complexity index is 1150. The molecule has 4 aromatic rings. The van der Waals surface area contributed by atoms with E-state index in [1.807, 2.05) is 18.2 Å². The van der Waals surface area contributed by atoms with Crippen LogP contribution in [-0.2, 0) is 6.42 Å². The van der Waals surface area contributed by atoms with Gasteiger partial charge in [-0.15, -0.1) is 0 Å².